The Labute approximate surface area is 91.2 Å². The average Bonchev–Trinajstić information content (AvgIpc) is 2.18. The van der Waals surface area contributed by atoms with Crippen LogP contribution >= 0.6 is 0 Å². The van der Waals surface area contributed by atoms with Crippen LogP contribution in [0.4, 0.5) is 0 Å². The summed E-state index contributed by atoms with van der Waals surface area (Å²) in [5, 5.41) is 12.4. The summed E-state index contributed by atoms with van der Waals surface area (Å²) < 4.78 is 0. The third-order valence-electron chi connectivity index (χ3n) is 3.04. The van der Waals surface area contributed by atoms with Crippen molar-refractivity contribution in [1.82, 2.24) is 5.32 Å². The van der Waals surface area contributed by atoms with Gasteiger partial charge in [0.25, 0.3) is 0 Å². The number of aliphatic hydroxyl groups excluding tert-OH is 1. The first-order chi connectivity index (χ1) is 7.13. The highest BCUT2D eigenvalue weighted by molar-refractivity contribution is 5.78. The molecule has 0 aliphatic heterocycles. The van der Waals surface area contributed by atoms with Gasteiger partial charge in [0.2, 0.25) is 5.91 Å². The molecule has 4 nitrogen and oxygen atoms in total. The molecule has 0 saturated heterocycles. The fourth-order valence-electron chi connectivity index (χ4n) is 2.02. The molecule has 4 heteroatoms. The molecule has 0 spiro atoms. The Bertz CT molecular complexity index is 209. The van der Waals surface area contributed by atoms with Gasteiger partial charge < -0.3 is 16.2 Å². The van der Waals surface area contributed by atoms with E-state index in [1.165, 1.54) is 0 Å². The van der Waals surface area contributed by atoms with E-state index in [-0.39, 0.29) is 24.0 Å². The summed E-state index contributed by atoms with van der Waals surface area (Å²) in [6.07, 6.45) is 4.02. The number of amides is 1. The summed E-state index contributed by atoms with van der Waals surface area (Å²) in [5.74, 6) is 0.0496. The molecule has 3 unspecified atom stereocenters. The zero-order valence-electron chi connectivity index (χ0n) is 9.41. The quantitative estimate of drug-likeness (QED) is 0.633. The third kappa shape index (κ3) is 4.18. The SMILES string of the molecule is CC(CCN)C(=O)NC1CCCC(O)C1. The van der Waals surface area contributed by atoms with E-state index in [0.29, 0.717) is 13.0 Å². The van der Waals surface area contributed by atoms with Gasteiger partial charge in [0.1, 0.15) is 0 Å². The highest BCUT2D eigenvalue weighted by Crippen LogP contribution is 2.18. The van der Waals surface area contributed by atoms with E-state index in [1.807, 2.05) is 6.92 Å². The van der Waals surface area contributed by atoms with E-state index in [0.717, 1.165) is 25.7 Å². The van der Waals surface area contributed by atoms with Crippen LogP contribution in [0.25, 0.3) is 0 Å². The first-order valence-electron chi connectivity index (χ1n) is 5.82. The van der Waals surface area contributed by atoms with Gasteiger partial charge in [-0.25, -0.2) is 0 Å². The van der Waals surface area contributed by atoms with Crippen LogP contribution in [0.1, 0.15) is 39.0 Å². The van der Waals surface area contributed by atoms with Gasteiger partial charge >= 0.3 is 0 Å². The molecule has 1 aliphatic carbocycles. The van der Waals surface area contributed by atoms with Gasteiger partial charge in [-0.05, 0) is 38.6 Å². The molecule has 1 amide bonds. The number of carbonyl (C=O) groups is 1. The summed E-state index contributed by atoms with van der Waals surface area (Å²) in [6, 6.07) is 0.154. The molecule has 3 atom stereocenters. The van der Waals surface area contributed by atoms with Crippen LogP contribution in [-0.2, 0) is 4.79 Å². The summed E-state index contributed by atoms with van der Waals surface area (Å²) >= 11 is 0. The third-order valence-corrected chi connectivity index (χ3v) is 3.04. The molecule has 0 aromatic carbocycles. The molecule has 0 bridgehead atoms. The van der Waals surface area contributed by atoms with E-state index in [9.17, 15) is 9.90 Å². The maximum atomic E-state index is 11.7. The highest BCUT2D eigenvalue weighted by Gasteiger charge is 2.23. The van der Waals surface area contributed by atoms with Crippen LogP contribution in [0.3, 0.4) is 0 Å². The lowest BCUT2D eigenvalue weighted by molar-refractivity contribution is -0.125. The van der Waals surface area contributed by atoms with Gasteiger partial charge in [0.15, 0.2) is 0 Å². The standard InChI is InChI=1S/C11H22N2O2/c1-8(5-6-12)11(15)13-9-3-2-4-10(14)7-9/h8-10,14H,2-7,12H2,1H3,(H,13,15). The van der Waals surface area contributed by atoms with Crippen LogP contribution in [-0.4, -0.2) is 29.7 Å². The summed E-state index contributed by atoms with van der Waals surface area (Å²) in [5.41, 5.74) is 5.40. The minimum atomic E-state index is -0.242. The number of nitrogens with two attached hydrogens (primary N) is 1. The molecule has 0 aromatic rings. The summed E-state index contributed by atoms with van der Waals surface area (Å²) in [4.78, 5) is 11.7. The Morgan fingerprint density at radius 1 is 1.60 bits per heavy atom. The van der Waals surface area contributed by atoms with Gasteiger partial charge in [0.05, 0.1) is 6.10 Å². The Morgan fingerprint density at radius 2 is 2.33 bits per heavy atom. The number of hydrogen-bond donors (Lipinski definition) is 3. The number of hydrogen-bond acceptors (Lipinski definition) is 3. The van der Waals surface area contributed by atoms with E-state index in [2.05, 4.69) is 5.32 Å². The molecule has 4 N–H and O–H groups in total. The molecule has 15 heavy (non-hydrogen) atoms. The molecule has 88 valence electrons. The lowest BCUT2D eigenvalue weighted by atomic mass is 9.92. The monoisotopic (exact) mass is 214 g/mol. The van der Waals surface area contributed by atoms with Gasteiger partial charge in [-0.2, -0.15) is 0 Å². The highest BCUT2D eigenvalue weighted by atomic mass is 16.3. The lowest BCUT2D eigenvalue weighted by Gasteiger charge is -2.27. The van der Waals surface area contributed by atoms with Crippen LogP contribution in [0, 0.1) is 5.92 Å². The largest absolute Gasteiger partial charge is 0.393 e. The second kappa shape index (κ2) is 6.08. The van der Waals surface area contributed by atoms with E-state index >= 15 is 0 Å². The first-order valence-corrected chi connectivity index (χ1v) is 5.82. The van der Waals surface area contributed by atoms with Crippen molar-refractivity contribution in [1.29, 1.82) is 0 Å². The molecule has 1 saturated carbocycles. The Balaban J connectivity index is 2.30. The number of nitrogens with one attached hydrogen (secondary N) is 1. The van der Waals surface area contributed by atoms with E-state index in [4.69, 9.17) is 5.73 Å². The summed E-state index contributed by atoms with van der Waals surface area (Å²) in [7, 11) is 0. The fraction of sp³-hybridized carbons (Fsp3) is 0.909. The van der Waals surface area contributed by atoms with Crippen molar-refractivity contribution in [3.63, 3.8) is 0 Å². The minimum Gasteiger partial charge on any atom is -0.393 e. The van der Waals surface area contributed by atoms with Gasteiger partial charge in [-0.3, -0.25) is 4.79 Å². The fourth-order valence-corrected chi connectivity index (χ4v) is 2.02. The molecule has 0 aromatic heterocycles. The predicted molar refractivity (Wildman–Crippen MR) is 59.2 cm³/mol. The van der Waals surface area contributed by atoms with E-state index in [1.54, 1.807) is 0 Å². The number of rotatable bonds is 4. The Kier molecular flexibility index (Phi) is 5.05. The van der Waals surface area contributed by atoms with E-state index < -0.39 is 0 Å². The molecule has 1 aliphatic rings. The molecule has 1 rings (SSSR count). The maximum Gasteiger partial charge on any atom is 0.223 e. The van der Waals surface area contributed by atoms with Gasteiger partial charge in [-0.15, -0.1) is 0 Å². The van der Waals surface area contributed by atoms with Crippen LogP contribution in [0.15, 0.2) is 0 Å². The Hall–Kier alpha value is -0.610. The van der Waals surface area contributed by atoms with Crippen LogP contribution < -0.4 is 11.1 Å². The van der Waals surface area contributed by atoms with Gasteiger partial charge in [0, 0.05) is 12.0 Å². The normalized spacial score (nSPS) is 28.5. The first kappa shape index (κ1) is 12.5. The maximum absolute atomic E-state index is 11.7. The van der Waals surface area contributed by atoms with Crippen molar-refractivity contribution in [3.05, 3.63) is 0 Å². The minimum absolute atomic E-state index is 0.0194. The second-order valence-corrected chi connectivity index (χ2v) is 4.50. The second-order valence-electron chi connectivity index (χ2n) is 4.50. The van der Waals surface area contributed by atoms with Crippen molar-refractivity contribution >= 4 is 5.91 Å². The zero-order chi connectivity index (χ0) is 11.3. The van der Waals surface area contributed by atoms with Crippen molar-refractivity contribution in [3.8, 4) is 0 Å². The summed E-state index contributed by atoms with van der Waals surface area (Å²) in [6.45, 7) is 2.43. The molecular weight excluding hydrogens is 192 g/mol. The Morgan fingerprint density at radius 3 is 2.93 bits per heavy atom. The molecular formula is C11H22N2O2. The zero-order valence-corrected chi connectivity index (χ0v) is 9.41. The molecule has 1 fully saturated rings. The average molecular weight is 214 g/mol. The van der Waals surface area contributed by atoms with Gasteiger partial charge in [-0.1, -0.05) is 6.92 Å². The smallest absolute Gasteiger partial charge is 0.223 e. The number of aliphatic hydroxyl groups is 1. The van der Waals surface area contributed by atoms with Crippen molar-refractivity contribution in [2.45, 2.75) is 51.2 Å². The lowest BCUT2D eigenvalue weighted by Crippen LogP contribution is -2.42. The number of carbonyl (C=O) groups excluding carboxylic acids is 1. The predicted octanol–water partition coefficient (Wildman–Crippen LogP) is 0.391. The molecule has 0 heterocycles. The topological polar surface area (TPSA) is 75.4 Å². The van der Waals surface area contributed by atoms with Crippen molar-refractivity contribution in [2.24, 2.45) is 11.7 Å². The van der Waals surface area contributed by atoms with Crippen LogP contribution in [0.2, 0.25) is 0 Å². The molecule has 0 radical (unpaired) electrons. The van der Waals surface area contributed by atoms with Crippen molar-refractivity contribution < 1.29 is 9.90 Å². The van der Waals surface area contributed by atoms with Crippen molar-refractivity contribution in [2.75, 3.05) is 6.54 Å². The van der Waals surface area contributed by atoms with Crippen LogP contribution in [0.5, 0.6) is 0 Å².